The zero-order valence-electron chi connectivity index (χ0n) is 12.9. The van der Waals surface area contributed by atoms with Crippen LogP contribution in [0.4, 0.5) is 0 Å². The largest absolute Gasteiger partial charge is 0.508 e. The molecule has 1 saturated carbocycles. The Morgan fingerprint density at radius 1 is 1.33 bits per heavy atom. The van der Waals surface area contributed by atoms with Crippen molar-refractivity contribution in [1.29, 1.82) is 0 Å². The van der Waals surface area contributed by atoms with Gasteiger partial charge in [0.05, 0.1) is 6.04 Å². The quantitative estimate of drug-likeness (QED) is 0.795. The van der Waals surface area contributed by atoms with Crippen molar-refractivity contribution in [2.24, 2.45) is 17.6 Å². The number of nitrogens with two attached hydrogens (primary N) is 1. The summed E-state index contributed by atoms with van der Waals surface area (Å²) in [6.45, 7) is 4.46. The molecule has 1 fully saturated rings. The van der Waals surface area contributed by atoms with Gasteiger partial charge in [0.1, 0.15) is 5.75 Å². The number of aromatic hydroxyl groups is 1. The van der Waals surface area contributed by atoms with Gasteiger partial charge in [-0.2, -0.15) is 0 Å². The van der Waals surface area contributed by atoms with Gasteiger partial charge in [0, 0.05) is 6.04 Å². The number of hydrogen-bond acceptors (Lipinski definition) is 3. The summed E-state index contributed by atoms with van der Waals surface area (Å²) in [5.74, 6) is 1.30. The van der Waals surface area contributed by atoms with E-state index in [-0.39, 0.29) is 17.7 Å². The number of amides is 1. The Morgan fingerprint density at radius 2 is 2.00 bits per heavy atom. The summed E-state index contributed by atoms with van der Waals surface area (Å²) in [4.78, 5) is 12.2. The lowest BCUT2D eigenvalue weighted by atomic mass is 9.78. The minimum Gasteiger partial charge on any atom is -0.508 e. The Kier molecular flexibility index (Phi) is 5.23. The van der Waals surface area contributed by atoms with E-state index >= 15 is 0 Å². The fourth-order valence-electron chi connectivity index (χ4n) is 3.05. The predicted octanol–water partition coefficient (Wildman–Crippen LogP) is 2.20. The molecule has 1 aliphatic carbocycles. The Labute approximate surface area is 126 Å². The maximum atomic E-state index is 12.2. The van der Waals surface area contributed by atoms with Crippen LogP contribution in [0.2, 0.25) is 0 Å². The van der Waals surface area contributed by atoms with Crippen LogP contribution in [-0.4, -0.2) is 23.1 Å². The van der Waals surface area contributed by atoms with E-state index in [1.165, 1.54) is 12.8 Å². The number of nitrogens with one attached hydrogen (secondary N) is 1. The van der Waals surface area contributed by atoms with Crippen LogP contribution in [0.25, 0.3) is 0 Å². The maximum Gasteiger partial charge on any atom is 0.237 e. The highest BCUT2D eigenvalue weighted by Crippen LogP contribution is 2.29. The van der Waals surface area contributed by atoms with Crippen LogP contribution in [0.1, 0.15) is 38.7 Å². The topological polar surface area (TPSA) is 75.4 Å². The molecule has 0 saturated heterocycles. The second-order valence-corrected chi connectivity index (χ2v) is 6.36. The van der Waals surface area contributed by atoms with Gasteiger partial charge in [-0.15, -0.1) is 0 Å². The van der Waals surface area contributed by atoms with E-state index in [0.717, 1.165) is 12.0 Å². The first-order valence-electron chi connectivity index (χ1n) is 7.81. The molecule has 1 aliphatic rings. The van der Waals surface area contributed by atoms with Gasteiger partial charge in [-0.1, -0.05) is 38.8 Å². The number of carbonyl (C=O) groups is 1. The van der Waals surface area contributed by atoms with Gasteiger partial charge in [-0.05, 0) is 42.4 Å². The SMILES string of the molecule is CC1CCCC(NC(=O)C(N)Cc2ccc(O)cc2)C1C. The molecule has 4 N–H and O–H groups in total. The van der Waals surface area contributed by atoms with Crippen LogP contribution >= 0.6 is 0 Å². The molecule has 4 unspecified atom stereocenters. The first-order valence-corrected chi connectivity index (χ1v) is 7.81. The van der Waals surface area contributed by atoms with E-state index in [1.807, 2.05) is 0 Å². The molecule has 0 spiro atoms. The molecule has 0 aliphatic heterocycles. The van der Waals surface area contributed by atoms with E-state index in [1.54, 1.807) is 24.3 Å². The van der Waals surface area contributed by atoms with Crippen molar-refractivity contribution < 1.29 is 9.90 Å². The fraction of sp³-hybridized carbons (Fsp3) is 0.588. The average molecular weight is 290 g/mol. The molecule has 1 aromatic rings. The monoisotopic (exact) mass is 290 g/mol. The summed E-state index contributed by atoms with van der Waals surface area (Å²) in [5.41, 5.74) is 6.97. The Hall–Kier alpha value is -1.55. The molecular weight excluding hydrogens is 264 g/mol. The molecule has 116 valence electrons. The second kappa shape index (κ2) is 6.94. The van der Waals surface area contributed by atoms with Crippen LogP contribution in [-0.2, 0) is 11.2 Å². The average Bonchev–Trinajstić information content (AvgIpc) is 2.46. The van der Waals surface area contributed by atoms with Gasteiger partial charge in [-0.25, -0.2) is 0 Å². The van der Waals surface area contributed by atoms with E-state index in [2.05, 4.69) is 19.2 Å². The van der Waals surface area contributed by atoms with Gasteiger partial charge in [0.15, 0.2) is 0 Å². The fourth-order valence-corrected chi connectivity index (χ4v) is 3.05. The van der Waals surface area contributed by atoms with Crippen molar-refractivity contribution in [3.05, 3.63) is 29.8 Å². The lowest BCUT2D eigenvalue weighted by molar-refractivity contribution is -0.123. The number of benzene rings is 1. The lowest BCUT2D eigenvalue weighted by Gasteiger charge is -2.35. The molecule has 0 radical (unpaired) electrons. The smallest absolute Gasteiger partial charge is 0.237 e. The minimum absolute atomic E-state index is 0.0750. The van der Waals surface area contributed by atoms with Crippen molar-refractivity contribution in [3.63, 3.8) is 0 Å². The molecule has 4 heteroatoms. The van der Waals surface area contributed by atoms with Gasteiger partial charge < -0.3 is 16.2 Å². The summed E-state index contributed by atoms with van der Waals surface area (Å²) in [6.07, 6.45) is 3.95. The minimum atomic E-state index is -0.543. The molecule has 0 heterocycles. The van der Waals surface area contributed by atoms with Crippen molar-refractivity contribution in [2.45, 2.75) is 51.6 Å². The molecule has 1 aromatic carbocycles. The predicted molar refractivity (Wildman–Crippen MR) is 83.9 cm³/mol. The van der Waals surface area contributed by atoms with Crippen molar-refractivity contribution in [3.8, 4) is 5.75 Å². The van der Waals surface area contributed by atoms with Crippen LogP contribution < -0.4 is 11.1 Å². The highest BCUT2D eigenvalue weighted by atomic mass is 16.3. The van der Waals surface area contributed by atoms with E-state index in [9.17, 15) is 9.90 Å². The molecule has 1 amide bonds. The number of phenols is 1. The molecule has 0 aromatic heterocycles. The Morgan fingerprint density at radius 3 is 2.67 bits per heavy atom. The van der Waals surface area contributed by atoms with E-state index in [0.29, 0.717) is 18.3 Å². The lowest BCUT2D eigenvalue weighted by Crippen LogP contribution is -2.50. The van der Waals surface area contributed by atoms with Crippen molar-refractivity contribution in [2.75, 3.05) is 0 Å². The summed E-state index contributed by atoms with van der Waals surface area (Å²) in [6, 6.07) is 6.53. The number of phenolic OH excluding ortho intramolecular Hbond substituents is 1. The van der Waals surface area contributed by atoms with Crippen molar-refractivity contribution in [1.82, 2.24) is 5.32 Å². The molecule has 2 rings (SSSR count). The Balaban J connectivity index is 1.88. The highest BCUT2D eigenvalue weighted by molar-refractivity contribution is 5.82. The van der Waals surface area contributed by atoms with Crippen LogP contribution in [0.15, 0.2) is 24.3 Å². The van der Waals surface area contributed by atoms with Gasteiger partial charge >= 0.3 is 0 Å². The first kappa shape index (κ1) is 15.8. The van der Waals surface area contributed by atoms with Crippen LogP contribution in [0.3, 0.4) is 0 Å². The number of hydrogen-bond donors (Lipinski definition) is 3. The third kappa shape index (κ3) is 4.21. The third-order valence-corrected chi connectivity index (χ3v) is 4.76. The Bertz CT molecular complexity index is 472. The van der Waals surface area contributed by atoms with Gasteiger partial charge in [0.25, 0.3) is 0 Å². The molecular formula is C17H26N2O2. The highest BCUT2D eigenvalue weighted by Gasteiger charge is 2.29. The summed E-state index contributed by atoms with van der Waals surface area (Å²) >= 11 is 0. The summed E-state index contributed by atoms with van der Waals surface area (Å²) in [7, 11) is 0. The second-order valence-electron chi connectivity index (χ2n) is 6.36. The zero-order chi connectivity index (χ0) is 15.4. The third-order valence-electron chi connectivity index (χ3n) is 4.76. The van der Waals surface area contributed by atoms with Crippen molar-refractivity contribution >= 4 is 5.91 Å². The summed E-state index contributed by atoms with van der Waals surface area (Å²) in [5, 5.41) is 12.4. The first-order chi connectivity index (χ1) is 9.97. The van der Waals surface area contributed by atoms with Crippen LogP contribution in [0.5, 0.6) is 5.75 Å². The number of carbonyl (C=O) groups excluding carboxylic acids is 1. The molecule has 4 nitrogen and oxygen atoms in total. The van der Waals surface area contributed by atoms with Gasteiger partial charge in [-0.3, -0.25) is 4.79 Å². The summed E-state index contributed by atoms with van der Waals surface area (Å²) < 4.78 is 0. The molecule has 0 bridgehead atoms. The number of rotatable bonds is 4. The zero-order valence-corrected chi connectivity index (χ0v) is 12.9. The van der Waals surface area contributed by atoms with Gasteiger partial charge in [0.2, 0.25) is 5.91 Å². The van der Waals surface area contributed by atoms with E-state index < -0.39 is 6.04 Å². The molecule has 21 heavy (non-hydrogen) atoms. The normalized spacial score (nSPS) is 27.1. The standard InChI is InChI=1S/C17H26N2O2/c1-11-4-3-5-16(12(11)2)19-17(21)15(18)10-13-6-8-14(20)9-7-13/h6-9,11-12,15-16,20H,3-5,10,18H2,1-2H3,(H,19,21). The molecule has 4 atom stereocenters. The van der Waals surface area contributed by atoms with Crippen LogP contribution in [0, 0.1) is 11.8 Å². The van der Waals surface area contributed by atoms with E-state index in [4.69, 9.17) is 5.73 Å². The maximum absolute atomic E-state index is 12.2.